The largest absolute Gasteiger partial charge is 0.466 e. The number of ether oxygens (including phenoxy) is 2. The van der Waals surface area contributed by atoms with E-state index >= 15 is 0 Å². The molecule has 2 aromatic rings. The van der Waals surface area contributed by atoms with Crippen molar-refractivity contribution in [3.8, 4) is 17.3 Å². The molecule has 0 aromatic carbocycles. The van der Waals surface area contributed by atoms with E-state index in [-0.39, 0.29) is 6.61 Å². The Morgan fingerprint density at radius 2 is 2.26 bits per heavy atom. The lowest BCUT2D eigenvalue weighted by molar-refractivity contribution is -0.143. The van der Waals surface area contributed by atoms with Crippen LogP contribution in [-0.2, 0) is 16.6 Å². The second-order valence-corrected chi connectivity index (χ2v) is 4.15. The maximum atomic E-state index is 11.0. The fourth-order valence-electron chi connectivity index (χ4n) is 1.49. The number of pyridine rings is 1. The van der Waals surface area contributed by atoms with E-state index in [1.807, 2.05) is 0 Å². The van der Waals surface area contributed by atoms with Gasteiger partial charge in [-0.15, -0.1) is 5.10 Å². The molecule has 0 saturated carbocycles. The van der Waals surface area contributed by atoms with Crippen LogP contribution in [-0.4, -0.2) is 34.5 Å². The molecule has 0 amide bonds. The second kappa shape index (κ2) is 5.71. The van der Waals surface area contributed by atoms with Crippen LogP contribution in [0.1, 0.15) is 0 Å². The highest BCUT2D eigenvalue weighted by Crippen LogP contribution is 2.23. The van der Waals surface area contributed by atoms with Gasteiger partial charge in [-0.1, -0.05) is 11.6 Å². The van der Waals surface area contributed by atoms with Crippen molar-refractivity contribution in [2.75, 3.05) is 13.7 Å². The summed E-state index contributed by atoms with van der Waals surface area (Å²) < 4.78 is 11.3. The molecule has 0 radical (unpaired) electrons. The van der Waals surface area contributed by atoms with Crippen molar-refractivity contribution in [3.63, 3.8) is 0 Å². The van der Waals surface area contributed by atoms with Crippen molar-refractivity contribution in [2.45, 2.75) is 0 Å². The summed E-state index contributed by atoms with van der Waals surface area (Å²) in [5.41, 5.74) is 1.41. The summed E-state index contributed by atoms with van der Waals surface area (Å²) in [7, 11) is 3.05. The van der Waals surface area contributed by atoms with E-state index in [1.165, 1.54) is 7.11 Å². The average molecular weight is 282 g/mol. The fraction of sp³-hybridized carbons (Fsp3) is 0.250. The van der Waals surface area contributed by atoms with Gasteiger partial charge in [-0.25, -0.2) is 4.79 Å². The Labute approximate surface area is 114 Å². The van der Waals surface area contributed by atoms with Gasteiger partial charge in [0.15, 0.2) is 6.61 Å². The van der Waals surface area contributed by atoms with Crippen LogP contribution in [0.4, 0.5) is 0 Å². The van der Waals surface area contributed by atoms with Crippen molar-refractivity contribution in [1.82, 2.24) is 14.8 Å². The number of methoxy groups -OCH3 is 1. The summed E-state index contributed by atoms with van der Waals surface area (Å²) in [6, 6.07) is 5.10. The van der Waals surface area contributed by atoms with Gasteiger partial charge in [0.1, 0.15) is 0 Å². The van der Waals surface area contributed by atoms with Crippen molar-refractivity contribution < 1.29 is 14.3 Å². The number of hydrogen-bond donors (Lipinski definition) is 0. The molecule has 0 aliphatic carbocycles. The van der Waals surface area contributed by atoms with Gasteiger partial charge in [0.05, 0.1) is 18.5 Å². The van der Waals surface area contributed by atoms with E-state index in [0.29, 0.717) is 16.6 Å². The minimum atomic E-state index is -0.465. The number of aromatic nitrogens is 3. The lowest BCUT2D eigenvalue weighted by Gasteiger charge is -1.99. The molecule has 19 heavy (non-hydrogen) atoms. The summed E-state index contributed by atoms with van der Waals surface area (Å²) in [5, 5.41) is 4.71. The molecule has 0 spiro atoms. The number of carbonyl (C=O) groups is 1. The zero-order chi connectivity index (χ0) is 13.8. The first-order chi connectivity index (χ1) is 9.10. The van der Waals surface area contributed by atoms with E-state index in [4.69, 9.17) is 16.3 Å². The highest BCUT2D eigenvalue weighted by molar-refractivity contribution is 6.30. The Hall–Kier alpha value is -2.08. The number of esters is 1. The smallest absolute Gasteiger partial charge is 0.343 e. The zero-order valence-electron chi connectivity index (χ0n) is 10.5. The van der Waals surface area contributed by atoms with Gasteiger partial charge in [-0.3, -0.25) is 9.67 Å². The van der Waals surface area contributed by atoms with Gasteiger partial charge in [0.25, 0.3) is 0 Å². The average Bonchev–Trinajstić information content (AvgIpc) is 2.77. The number of rotatable bonds is 4. The van der Waals surface area contributed by atoms with Crippen LogP contribution in [0.15, 0.2) is 24.4 Å². The topological polar surface area (TPSA) is 66.2 Å². The molecule has 100 valence electrons. The van der Waals surface area contributed by atoms with Gasteiger partial charge in [-0.2, -0.15) is 0 Å². The second-order valence-electron chi connectivity index (χ2n) is 3.72. The lowest BCUT2D eigenvalue weighted by atomic mass is 10.3. The number of nitrogens with zero attached hydrogens (tertiary/aromatic N) is 3. The molecule has 0 bridgehead atoms. The lowest BCUT2D eigenvalue weighted by Crippen LogP contribution is -2.12. The summed E-state index contributed by atoms with van der Waals surface area (Å²) in [6.45, 7) is -0.185. The molecule has 0 unspecified atom stereocenters. The predicted octanol–water partition coefficient (Wildman–Crippen LogP) is 1.69. The summed E-state index contributed by atoms with van der Waals surface area (Å²) in [6.07, 6.45) is 1.61. The first-order valence-electron chi connectivity index (χ1n) is 5.45. The third-order valence-electron chi connectivity index (χ3n) is 2.41. The summed E-state index contributed by atoms with van der Waals surface area (Å²) in [4.78, 5) is 15.2. The minimum Gasteiger partial charge on any atom is -0.466 e. The highest BCUT2D eigenvalue weighted by atomic mass is 35.5. The van der Waals surface area contributed by atoms with E-state index in [2.05, 4.69) is 14.8 Å². The van der Waals surface area contributed by atoms with Gasteiger partial charge >= 0.3 is 5.97 Å². The van der Waals surface area contributed by atoms with Crippen molar-refractivity contribution in [1.29, 1.82) is 0 Å². The van der Waals surface area contributed by atoms with E-state index in [0.717, 1.165) is 5.69 Å². The molecule has 0 atom stereocenters. The number of hydrogen-bond acceptors (Lipinski definition) is 5. The van der Waals surface area contributed by atoms with E-state index < -0.39 is 5.97 Å². The highest BCUT2D eigenvalue weighted by Gasteiger charge is 2.11. The molecule has 0 aliphatic heterocycles. The van der Waals surface area contributed by atoms with Gasteiger partial charge in [0.2, 0.25) is 5.88 Å². The first-order valence-corrected chi connectivity index (χ1v) is 5.83. The van der Waals surface area contributed by atoms with Crippen molar-refractivity contribution in [3.05, 3.63) is 29.4 Å². The van der Waals surface area contributed by atoms with Crippen LogP contribution >= 0.6 is 11.6 Å². The maximum Gasteiger partial charge on any atom is 0.343 e. The molecule has 2 aromatic heterocycles. The molecular weight excluding hydrogens is 270 g/mol. The molecule has 0 saturated heterocycles. The normalized spacial score (nSPS) is 10.3. The third-order valence-corrected chi connectivity index (χ3v) is 2.64. The van der Waals surface area contributed by atoms with Gasteiger partial charge < -0.3 is 9.47 Å². The van der Waals surface area contributed by atoms with Crippen LogP contribution < -0.4 is 4.74 Å². The zero-order valence-corrected chi connectivity index (χ0v) is 11.2. The van der Waals surface area contributed by atoms with E-state index in [1.54, 1.807) is 36.1 Å². The van der Waals surface area contributed by atoms with Gasteiger partial charge in [-0.05, 0) is 12.1 Å². The molecule has 2 rings (SSSR count). The number of carbonyl (C=O) groups excluding carboxylic acids is 1. The molecule has 0 N–H and O–H groups in total. The Kier molecular flexibility index (Phi) is 4.01. The molecular formula is C12H12ClN3O3. The molecule has 0 fully saturated rings. The standard InChI is InChI=1S/C12H12ClN3O3/c1-16-10(9-5-8(13)3-4-14-9)6-11(15-16)19-7-12(17)18-2/h3-6H,7H2,1-2H3. The summed E-state index contributed by atoms with van der Waals surface area (Å²) >= 11 is 5.91. The van der Waals surface area contributed by atoms with E-state index in [9.17, 15) is 4.79 Å². The first kappa shape index (κ1) is 13.4. The Morgan fingerprint density at radius 1 is 1.47 bits per heavy atom. The van der Waals surface area contributed by atoms with Crippen LogP contribution in [0, 0.1) is 0 Å². The molecule has 6 nitrogen and oxygen atoms in total. The molecule has 2 heterocycles. The fourth-order valence-corrected chi connectivity index (χ4v) is 1.65. The number of halogens is 1. The Balaban J connectivity index is 2.19. The SMILES string of the molecule is COC(=O)COc1cc(-c2cc(Cl)ccn2)n(C)n1. The quantitative estimate of drug-likeness (QED) is 0.798. The molecule has 7 heteroatoms. The maximum absolute atomic E-state index is 11.0. The minimum absolute atomic E-state index is 0.185. The van der Waals surface area contributed by atoms with Crippen LogP contribution in [0.25, 0.3) is 11.4 Å². The molecule has 0 aliphatic rings. The van der Waals surface area contributed by atoms with Gasteiger partial charge in [0, 0.05) is 24.3 Å². The third kappa shape index (κ3) is 3.23. The Bertz CT molecular complexity index is 598. The van der Waals surface area contributed by atoms with Crippen LogP contribution in [0.3, 0.4) is 0 Å². The van der Waals surface area contributed by atoms with Crippen LogP contribution in [0.2, 0.25) is 5.02 Å². The monoisotopic (exact) mass is 281 g/mol. The number of aryl methyl sites for hydroxylation is 1. The Morgan fingerprint density at radius 3 is 2.95 bits per heavy atom. The predicted molar refractivity (Wildman–Crippen MR) is 69.0 cm³/mol. The van der Waals surface area contributed by atoms with Crippen molar-refractivity contribution in [2.24, 2.45) is 7.05 Å². The summed E-state index contributed by atoms with van der Waals surface area (Å²) in [5.74, 6) is -0.141. The van der Waals surface area contributed by atoms with Crippen LogP contribution in [0.5, 0.6) is 5.88 Å². The van der Waals surface area contributed by atoms with Crippen molar-refractivity contribution >= 4 is 17.6 Å².